The summed E-state index contributed by atoms with van der Waals surface area (Å²) in [6.07, 6.45) is 4.95. The Labute approximate surface area is 182 Å². The van der Waals surface area contributed by atoms with E-state index in [4.69, 9.17) is 9.47 Å². The number of amides is 1. The lowest BCUT2D eigenvalue weighted by atomic mass is 9.96. The van der Waals surface area contributed by atoms with Crippen LogP contribution in [0.3, 0.4) is 0 Å². The highest BCUT2D eigenvalue weighted by molar-refractivity contribution is 5.82. The van der Waals surface area contributed by atoms with Crippen LogP contribution in [0.1, 0.15) is 19.8 Å². The van der Waals surface area contributed by atoms with Crippen LogP contribution in [0.2, 0.25) is 0 Å². The van der Waals surface area contributed by atoms with Crippen LogP contribution in [-0.4, -0.2) is 45.7 Å². The summed E-state index contributed by atoms with van der Waals surface area (Å²) >= 11 is 0. The Morgan fingerprint density at radius 3 is 2.42 bits per heavy atom. The summed E-state index contributed by atoms with van der Waals surface area (Å²) in [6.45, 7) is 4.30. The van der Waals surface area contributed by atoms with E-state index >= 15 is 0 Å². The summed E-state index contributed by atoms with van der Waals surface area (Å²) in [7, 11) is 0. The molecule has 0 spiro atoms. The van der Waals surface area contributed by atoms with Gasteiger partial charge in [0.1, 0.15) is 11.9 Å². The Morgan fingerprint density at radius 2 is 1.68 bits per heavy atom. The molecule has 1 fully saturated rings. The minimum absolute atomic E-state index is 0.0214. The molecule has 1 saturated heterocycles. The van der Waals surface area contributed by atoms with E-state index in [9.17, 15) is 4.79 Å². The van der Waals surface area contributed by atoms with Crippen LogP contribution in [0.4, 0.5) is 0 Å². The highest BCUT2D eigenvalue weighted by atomic mass is 16.6. The molecule has 0 N–H and O–H groups in total. The molecule has 160 valence electrons. The molecule has 0 aliphatic carbocycles. The van der Waals surface area contributed by atoms with Crippen molar-refractivity contribution in [1.82, 2.24) is 14.5 Å². The van der Waals surface area contributed by atoms with Crippen LogP contribution in [0.25, 0.3) is 11.4 Å². The number of benzene rings is 2. The monoisotopic (exact) mass is 417 g/mol. The third-order valence-electron chi connectivity index (χ3n) is 6.21. The number of carbonyl (C=O) groups excluding carboxylic acids is 1. The number of para-hydroxylation sites is 2. The van der Waals surface area contributed by atoms with Crippen LogP contribution < -0.4 is 9.47 Å². The molecule has 0 bridgehead atoms. The zero-order chi connectivity index (χ0) is 21.2. The van der Waals surface area contributed by atoms with Gasteiger partial charge in [-0.25, -0.2) is 4.98 Å². The van der Waals surface area contributed by atoms with Gasteiger partial charge < -0.3 is 18.9 Å². The van der Waals surface area contributed by atoms with Crippen LogP contribution >= 0.6 is 0 Å². The second-order valence-electron chi connectivity index (χ2n) is 8.35. The van der Waals surface area contributed by atoms with Gasteiger partial charge in [-0.05, 0) is 37.8 Å². The summed E-state index contributed by atoms with van der Waals surface area (Å²) < 4.78 is 14.2. The number of nitrogens with zero attached hydrogens (tertiary/aromatic N) is 3. The van der Waals surface area contributed by atoms with Gasteiger partial charge in [-0.2, -0.15) is 0 Å². The molecule has 0 saturated carbocycles. The van der Waals surface area contributed by atoms with Gasteiger partial charge in [0.15, 0.2) is 11.5 Å². The third kappa shape index (κ3) is 4.02. The molecule has 1 amide bonds. The number of ether oxygens (including phenoxy) is 2. The maximum atomic E-state index is 13.1. The van der Waals surface area contributed by atoms with Crippen LogP contribution in [-0.2, 0) is 11.3 Å². The average molecular weight is 418 g/mol. The predicted octanol–water partition coefficient (Wildman–Crippen LogP) is 4.02. The second-order valence-corrected chi connectivity index (χ2v) is 8.35. The first-order valence-corrected chi connectivity index (χ1v) is 11.0. The molecule has 31 heavy (non-hydrogen) atoms. The van der Waals surface area contributed by atoms with E-state index in [-0.39, 0.29) is 12.0 Å². The lowest BCUT2D eigenvalue weighted by Crippen LogP contribution is -2.52. The largest absolute Gasteiger partial charge is 0.482 e. The van der Waals surface area contributed by atoms with Crippen LogP contribution in [0.15, 0.2) is 67.0 Å². The number of rotatable bonds is 4. The quantitative estimate of drug-likeness (QED) is 0.644. The Morgan fingerprint density at radius 1 is 1.00 bits per heavy atom. The van der Waals surface area contributed by atoms with E-state index in [1.54, 1.807) is 0 Å². The fraction of sp³-hybridized carbons (Fsp3) is 0.360. The van der Waals surface area contributed by atoms with Gasteiger partial charge in [-0.15, -0.1) is 0 Å². The summed E-state index contributed by atoms with van der Waals surface area (Å²) in [5, 5.41) is 0. The molecule has 6 heteroatoms. The third-order valence-corrected chi connectivity index (χ3v) is 6.21. The van der Waals surface area contributed by atoms with Crippen molar-refractivity contribution in [3.63, 3.8) is 0 Å². The molecule has 2 aliphatic heterocycles. The Bertz CT molecular complexity index is 1040. The number of hydrogen-bond donors (Lipinski definition) is 0. The normalized spacial score (nSPS) is 21.1. The maximum absolute atomic E-state index is 13.1. The Balaban J connectivity index is 1.20. The van der Waals surface area contributed by atoms with Crippen LogP contribution in [0.5, 0.6) is 11.5 Å². The number of hydrogen-bond acceptors (Lipinski definition) is 4. The van der Waals surface area contributed by atoms with Gasteiger partial charge in [0.2, 0.25) is 6.10 Å². The molecule has 2 aromatic carbocycles. The van der Waals surface area contributed by atoms with Crippen molar-refractivity contribution in [3.05, 3.63) is 67.0 Å². The zero-order valence-corrected chi connectivity index (χ0v) is 17.7. The molecular weight excluding hydrogens is 390 g/mol. The lowest BCUT2D eigenvalue weighted by Gasteiger charge is -2.37. The van der Waals surface area contributed by atoms with Crippen molar-refractivity contribution in [1.29, 1.82) is 0 Å². The van der Waals surface area contributed by atoms with E-state index in [1.165, 1.54) is 0 Å². The standard InChI is InChI=1S/C25H27N3O3/c1-18-23(31-22-10-6-5-9-21(22)30-18)25(29)27-14-11-19(12-15-27)17-28-16-13-26-24(28)20-7-3-2-4-8-20/h2-10,13,16,18-19,23H,11-12,14-15,17H2,1H3. The molecule has 6 nitrogen and oxygen atoms in total. The Kier molecular flexibility index (Phi) is 5.37. The van der Waals surface area contributed by atoms with Crippen molar-refractivity contribution in [3.8, 4) is 22.9 Å². The van der Waals surface area contributed by atoms with Crippen molar-refractivity contribution < 1.29 is 14.3 Å². The topological polar surface area (TPSA) is 56.6 Å². The summed E-state index contributed by atoms with van der Waals surface area (Å²) in [6, 6.07) is 17.8. The zero-order valence-electron chi connectivity index (χ0n) is 17.7. The van der Waals surface area contributed by atoms with Gasteiger partial charge in [0.05, 0.1) is 0 Å². The Hall–Kier alpha value is -3.28. The molecular formula is C25H27N3O3. The van der Waals surface area contributed by atoms with Gasteiger partial charge >= 0.3 is 0 Å². The summed E-state index contributed by atoms with van der Waals surface area (Å²) in [5.41, 5.74) is 1.13. The molecule has 2 unspecified atom stereocenters. The van der Waals surface area contributed by atoms with E-state index in [1.807, 2.05) is 66.7 Å². The van der Waals surface area contributed by atoms with E-state index < -0.39 is 6.10 Å². The number of piperidine rings is 1. The van der Waals surface area contributed by atoms with Gasteiger partial charge in [0.25, 0.3) is 5.91 Å². The minimum atomic E-state index is -0.593. The molecule has 1 aromatic heterocycles. The van der Waals surface area contributed by atoms with Gasteiger partial charge in [0, 0.05) is 37.6 Å². The van der Waals surface area contributed by atoms with Crippen LogP contribution in [0, 0.1) is 5.92 Å². The number of aromatic nitrogens is 2. The number of imidazole rings is 1. The smallest absolute Gasteiger partial charge is 0.267 e. The molecule has 2 atom stereocenters. The molecule has 3 heterocycles. The number of likely N-dealkylation sites (tertiary alicyclic amines) is 1. The van der Waals surface area contributed by atoms with Crippen molar-refractivity contribution >= 4 is 5.91 Å². The summed E-state index contributed by atoms with van der Waals surface area (Å²) in [5.74, 6) is 2.88. The first-order valence-electron chi connectivity index (χ1n) is 11.0. The SMILES string of the molecule is CC1Oc2ccccc2OC1C(=O)N1CCC(Cn2ccnc2-c2ccccc2)CC1. The number of fused-ring (bicyclic) bond motifs is 1. The van der Waals surface area contributed by atoms with E-state index in [0.29, 0.717) is 17.4 Å². The minimum Gasteiger partial charge on any atom is -0.482 e. The fourth-order valence-corrected chi connectivity index (χ4v) is 4.49. The van der Waals surface area contributed by atoms with Gasteiger partial charge in [-0.3, -0.25) is 4.79 Å². The van der Waals surface area contributed by atoms with Gasteiger partial charge in [-0.1, -0.05) is 42.5 Å². The lowest BCUT2D eigenvalue weighted by molar-refractivity contribution is -0.145. The highest BCUT2D eigenvalue weighted by Crippen LogP contribution is 2.34. The highest BCUT2D eigenvalue weighted by Gasteiger charge is 2.37. The predicted molar refractivity (Wildman–Crippen MR) is 118 cm³/mol. The van der Waals surface area contributed by atoms with E-state index in [0.717, 1.165) is 43.9 Å². The van der Waals surface area contributed by atoms with Crippen molar-refractivity contribution in [2.24, 2.45) is 5.92 Å². The fourth-order valence-electron chi connectivity index (χ4n) is 4.49. The first-order chi connectivity index (χ1) is 15.2. The molecule has 5 rings (SSSR count). The molecule has 2 aliphatic rings. The van der Waals surface area contributed by atoms with Crippen molar-refractivity contribution in [2.45, 2.75) is 38.5 Å². The number of carbonyl (C=O) groups is 1. The first kappa shape index (κ1) is 19.7. The van der Waals surface area contributed by atoms with Crippen molar-refractivity contribution in [2.75, 3.05) is 13.1 Å². The summed E-state index contributed by atoms with van der Waals surface area (Å²) in [4.78, 5) is 19.6. The molecule has 3 aromatic rings. The van der Waals surface area contributed by atoms with E-state index in [2.05, 4.69) is 21.7 Å². The molecule has 0 radical (unpaired) electrons. The maximum Gasteiger partial charge on any atom is 0.267 e. The second kappa shape index (κ2) is 8.46. The average Bonchev–Trinajstić information content (AvgIpc) is 3.27.